The molecule has 0 atom stereocenters. The van der Waals surface area contributed by atoms with Crippen LogP contribution in [0.5, 0.6) is 5.75 Å². The Kier molecular flexibility index (Phi) is 4.84. The van der Waals surface area contributed by atoms with Crippen LogP contribution in [-0.2, 0) is 14.8 Å². The average molecular weight is 312 g/mol. The van der Waals surface area contributed by atoms with E-state index in [1.54, 1.807) is 12.1 Å². The molecule has 1 aromatic carbocycles. The summed E-state index contributed by atoms with van der Waals surface area (Å²) in [5.41, 5.74) is 0. The molecule has 116 valence electrons. The predicted molar refractivity (Wildman–Crippen MR) is 78.5 cm³/mol. The fraction of sp³-hybridized carbons (Fsp3) is 0.500. The normalized spacial score (nSPS) is 16.8. The van der Waals surface area contributed by atoms with Crippen molar-refractivity contribution in [2.45, 2.75) is 18.7 Å². The molecule has 1 fully saturated rings. The number of hydrogen-bond donors (Lipinski definition) is 1. The average Bonchev–Trinajstić information content (AvgIpc) is 2.45. The summed E-state index contributed by atoms with van der Waals surface area (Å²) in [5, 5.41) is 2.61. The molecular weight excluding hydrogens is 292 g/mol. The van der Waals surface area contributed by atoms with Crippen molar-refractivity contribution in [2.24, 2.45) is 5.92 Å². The van der Waals surface area contributed by atoms with Crippen LogP contribution >= 0.6 is 0 Å². The standard InChI is InChI=1S/C14H20N2O4S/c1-11(2)10-20-12-3-5-13(6-4-12)21(18,19)16-8-7-15-14(17)9-16/h3-6,11H,7-10H2,1-2H3,(H,15,17). The topological polar surface area (TPSA) is 75.7 Å². The molecule has 1 amide bonds. The van der Waals surface area contributed by atoms with Crippen LogP contribution in [0.1, 0.15) is 13.8 Å². The molecule has 1 N–H and O–H groups in total. The molecule has 21 heavy (non-hydrogen) atoms. The Balaban J connectivity index is 2.11. The Morgan fingerprint density at radius 3 is 2.52 bits per heavy atom. The number of ether oxygens (including phenoxy) is 1. The van der Waals surface area contributed by atoms with Crippen molar-refractivity contribution in [2.75, 3.05) is 26.2 Å². The molecule has 7 heteroatoms. The van der Waals surface area contributed by atoms with Gasteiger partial charge in [-0.05, 0) is 30.2 Å². The van der Waals surface area contributed by atoms with Gasteiger partial charge >= 0.3 is 0 Å². The largest absolute Gasteiger partial charge is 0.493 e. The van der Waals surface area contributed by atoms with Crippen molar-refractivity contribution < 1.29 is 17.9 Å². The first kappa shape index (κ1) is 15.8. The smallest absolute Gasteiger partial charge is 0.243 e. The lowest BCUT2D eigenvalue weighted by Crippen LogP contribution is -2.49. The van der Waals surface area contributed by atoms with E-state index < -0.39 is 10.0 Å². The minimum absolute atomic E-state index is 0.131. The van der Waals surface area contributed by atoms with E-state index in [-0.39, 0.29) is 17.3 Å². The summed E-state index contributed by atoms with van der Waals surface area (Å²) in [6, 6.07) is 6.30. The second kappa shape index (κ2) is 6.44. The quantitative estimate of drug-likeness (QED) is 0.874. The van der Waals surface area contributed by atoms with E-state index in [0.29, 0.717) is 31.4 Å². The summed E-state index contributed by atoms with van der Waals surface area (Å²) in [6.07, 6.45) is 0. The Morgan fingerprint density at radius 1 is 1.29 bits per heavy atom. The van der Waals surface area contributed by atoms with Gasteiger partial charge in [-0.3, -0.25) is 4.79 Å². The fourth-order valence-electron chi connectivity index (χ4n) is 1.94. The number of nitrogens with one attached hydrogen (secondary N) is 1. The second-order valence-electron chi connectivity index (χ2n) is 5.36. The summed E-state index contributed by atoms with van der Waals surface area (Å²) in [4.78, 5) is 11.5. The molecular formula is C14H20N2O4S. The fourth-order valence-corrected chi connectivity index (χ4v) is 3.34. The molecule has 0 saturated carbocycles. The zero-order valence-electron chi connectivity index (χ0n) is 12.2. The first-order valence-corrected chi connectivity index (χ1v) is 8.33. The number of nitrogens with zero attached hydrogens (tertiary/aromatic N) is 1. The number of piperazine rings is 1. The molecule has 0 radical (unpaired) electrons. The molecule has 2 rings (SSSR count). The van der Waals surface area contributed by atoms with Crippen LogP contribution in [0.2, 0.25) is 0 Å². The number of carbonyl (C=O) groups is 1. The van der Waals surface area contributed by atoms with E-state index in [0.717, 1.165) is 0 Å². The van der Waals surface area contributed by atoms with Crippen LogP contribution in [0, 0.1) is 5.92 Å². The first-order chi connectivity index (χ1) is 9.89. The number of sulfonamides is 1. The SMILES string of the molecule is CC(C)COc1ccc(S(=O)(=O)N2CCNC(=O)C2)cc1. The molecule has 6 nitrogen and oxygen atoms in total. The Bertz CT molecular complexity index is 596. The number of amides is 1. The highest BCUT2D eigenvalue weighted by atomic mass is 32.2. The second-order valence-corrected chi connectivity index (χ2v) is 7.30. The van der Waals surface area contributed by atoms with Crippen LogP contribution in [0.25, 0.3) is 0 Å². The summed E-state index contributed by atoms with van der Waals surface area (Å²) >= 11 is 0. The molecule has 1 saturated heterocycles. The van der Waals surface area contributed by atoms with Crippen molar-refractivity contribution in [1.29, 1.82) is 0 Å². The summed E-state index contributed by atoms with van der Waals surface area (Å²) < 4.78 is 31.5. The third-order valence-electron chi connectivity index (χ3n) is 3.05. The zero-order chi connectivity index (χ0) is 15.5. The van der Waals surface area contributed by atoms with Crippen LogP contribution in [-0.4, -0.2) is 44.9 Å². The number of benzene rings is 1. The summed E-state index contributed by atoms with van der Waals surface area (Å²) in [7, 11) is -3.63. The van der Waals surface area contributed by atoms with Crippen LogP contribution in [0.15, 0.2) is 29.2 Å². The maximum atomic E-state index is 12.4. The van der Waals surface area contributed by atoms with Crippen LogP contribution in [0.3, 0.4) is 0 Å². The van der Waals surface area contributed by atoms with Gasteiger partial charge in [0, 0.05) is 13.1 Å². The monoisotopic (exact) mass is 312 g/mol. The van der Waals surface area contributed by atoms with E-state index >= 15 is 0 Å². The molecule has 0 spiro atoms. The van der Waals surface area contributed by atoms with Gasteiger partial charge in [0.05, 0.1) is 18.0 Å². The molecule has 1 heterocycles. The lowest BCUT2D eigenvalue weighted by molar-refractivity contribution is -0.122. The summed E-state index contributed by atoms with van der Waals surface area (Å²) in [6.45, 7) is 5.17. The van der Waals surface area contributed by atoms with E-state index in [1.165, 1.54) is 16.4 Å². The summed E-state index contributed by atoms with van der Waals surface area (Å²) in [5.74, 6) is 0.765. The predicted octanol–water partition coefficient (Wildman–Crippen LogP) is 0.842. The van der Waals surface area contributed by atoms with Crippen molar-refractivity contribution in [3.63, 3.8) is 0 Å². The minimum atomic E-state index is -3.63. The zero-order valence-corrected chi connectivity index (χ0v) is 13.0. The van der Waals surface area contributed by atoms with Crippen molar-refractivity contribution in [3.8, 4) is 5.75 Å². The van der Waals surface area contributed by atoms with Gasteiger partial charge in [0.1, 0.15) is 5.75 Å². The number of carbonyl (C=O) groups excluding carboxylic acids is 1. The third-order valence-corrected chi connectivity index (χ3v) is 4.91. The maximum absolute atomic E-state index is 12.4. The van der Waals surface area contributed by atoms with Crippen molar-refractivity contribution in [1.82, 2.24) is 9.62 Å². The van der Waals surface area contributed by atoms with Gasteiger partial charge in [-0.25, -0.2) is 8.42 Å². The van der Waals surface area contributed by atoms with Gasteiger partial charge in [0.15, 0.2) is 0 Å². The van der Waals surface area contributed by atoms with Gasteiger partial charge in [-0.2, -0.15) is 4.31 Å². The lowest BCUT2D eigenvalue weighted by atomic mass is 10.2. The van der Waals surface area contributed by atoms with E-state index in [1.807, 2.05) is 13.8 Å². The lowest BCUT2D eigenvalue weighted by Gasteiger charge is -2.25. The van der Waals surface area contributed by atoms with Gasteiger partial charge in [-0.1, -0.05) is 13.8 Å². The van der Waals surface area contributed by atoms with Crippen LogP contribution < -0.4 is 10.1 Å². The number of rotatable bonds is 5. The van der Waals surface area contributed by atoms with Gasteiger partial charge in [0.2, 0.25) is 15.9 Å². The van der Waals surface area contributed by atoms with Gasteiger partial charge in [0.25, 0.3) is 0 Å². The van der Waals surface area contributed by atoms with Crippen molar-refractivity contribution >= 4 is 15.9 Å². The highest BCUT2D eigenvalue weighted by Crippen LogP contribution is 2.20. The highest BCUT2D eigenvalue weighted by molar-refractivity contribution is 7.89. The van der Waals surface area contributed by atoms with Gasteiger partial charge < -0.3 is 10.1 Å². The Hall–Kier alpha value is -1.60. The molecule has 1 aliphatic heterocycles. The molecule has 0 aromatic heterocycles. The Labute approximate surface area is 125 Å². The van der Waals surface area contributed by atoms with E-state index in [2.05, 4.69) is 5.32 Å². The molecule has 0 unspecified atom stereocenters. The molecule has 0 aliphatic carbocycles. The highest BCUT2D eigenvalue weighted by Gasteiger charge is 2.28. The Morgan fingerprint density at radius 2 is 1.95 bits per heavy atom. The maximum Gasteiger partial charge on any atom is 0.243 e. The number of hydrogen-bond acceptors (Lipinski definition) is 4. The van der Waals surface area contributed by atoms with E-state index in [9.17, 15) is 13.2 Å². The first-order valence-electron chi connectivity index (χ1n) is 6.89. The molecule has 1 aliphatic rings. The van der Waals surface area contributed by atoms with Crippen LogP contribution in [0.4, 0.5) is 0 Å². The molecule has 1 aromatic rings. The van der Waals surface area contributed by atoms with Gasteiger partial charge in [-0.15, -0.1) is 0 Å². The van der Waals surface area contributed by atoms with Crippen molar-refractivity contribution in [3.05, 3.63) is 24.3 Å². The third kappa shape index (κ3) is 3.95. The minimum Gasteiger partial charge on any atom is -0.493 e. The van der Waals surface area contributed by atoms with E-state index in [4.69, 9.17) is 4.74 Å². The molecule has 0 bridgehead atoms.